The van der Waals surface area contributed by atoms with Crippen LogP contribution in [0.5, 0.6) is 5.88 Å². The zero-order valence-corrected chi connectivity index (χ0v) is 9.80. The molecule has 1 aliphatic carbocycles. The first kappa shape index (κ1) is 11.6. The summed E-state index contributed by atoms with van der Waals surface area (Å²) in [5.41, 5.74) is -0.973. The molecule has 0 amide bonds. The van der Waals surface area contributed by atoms with Crippen molar-refractivity contribution in [2.45, 2.75) is 25.3 Å². The van der Waals surface area contributed by atoms with E-state index in [1.165, 1.54) is 13.4 Å². The third kappa shape index (κ3) is 2.30. The van der Waals surface area contributed by atoms with Crippen molar-refractivity contribution in [1.29, 1.82) is 0 Å². The molecule has 1 aliphatic rings. The number of hydrogen-bond acceptors (Lipinski definition) is 5. The Morgan fingerprint density at radius 2 is 2.29 bits per heavy atom. The largest absolute Gasteiger partial charge is 0.481 e. The molecule has 1 unspecified atom stereocenters. The van der Waals surface area contributed by atoms with Crippen LogP contribution in [-0.2, 0) is 4.79 Å². The monoisotopic (exact) mass is 237 g/mol. The molecule has 1 aromatic rings. The van der Waals surface area contributed by atoms with E-state index < -0.39 is 11.5 Å². The van der Waals surface area contributed by atoms with Gasteiger partial charge in [0.15, 0.2) is 0 Å². The van der Waals surface area contributed by atoms with E-state index in [-0.39, 0.29) is 5.92 Å². The van der Waals surface area contributed by atoms with Gasteiger partial charge in [-0.05, 0) is 25.7 Å². The van der Waals surface area contributed by atoms with Gasteiger partial charge in [-0.3, -0.25) is 0 Å². The summed E-state index contributed by atoms with van der Waals surface area (Å²) in [5, 5.41) is 12.3. The fourth-order valence-corrected chi connectivity index (χ4v) is 1.78. The lowest BCUT2D eigenvalue weighted by Gasteiger charge is -2.26. The standard InChI is InChI=1S/C11H15N3O3/c1-11(10(15)16,7-3-4-7)14-8-5-9(17-2)13-6-12-8/h5-7H,3-4H2,1-2H3,(H,15,16)(H,12,13,14). The maximum absolute atomic E-state index is 11.3. The quantitative estimate of drug-likeness (QED) is 0.799. The number of rotatable bonds is 5. The molecule has 0 spiro atoms. The van der Waals surface area contributed by atoms with Crippen molar-refractivity contribution >= 4 is 11.8 Å². The van der Waals surface area contributed by atoms with Crippen molar-refractivity contribution in [2.24, 2.45) is 5.92 Å². The van der Waals surface area contributed by atoms with Gasteiger partial charge in [-0.2, -0.15) is 0 Å². The Labute approximate surface area is 99.0 Å². The molecule has 1 atom stereocenters. The first-order valence-electron chi connectivity index (χ1n) is 5.44. The molecule has 1 fully saturated rings. The summed E-state index contributed by atoms with van der Waals surface area (Å²) in [6, 6.07) is 1.59. The number of nitrogens with one attached hydrogen (secondary N) is 1. The smallest absolute Gasteiger partial charge is 0.329 e. The van der Waals surface area contributed by atoms with Gasteiger partial charge in [-0.25, -0.2) is 14.8 Å². The van der Waals surface area contributed by atoms with E-state index in [2.05, 4.69) is 15.3 Å². The second kappa shape index (κ2) is 4.20. The predicted octanol–water partition coefficient (Wildman–Crippen LogP) is 1.15. The lowest BCUT2D eigenvalue weighted by atomic mass is 9.96. The number of carbonyl (C=O) groups is 1. The Hall–Kier alpha value is -1.85. The van der Waals surface area contributed by atoms with Gasteiger partial charge in [0.25, 0.3) is 0 Å². The molecule has 1 heterocycles. The maximum Gasteiger partial charge on any atom is 0.329 e. The van der Waals surface area contributed by atoms with Crippen LogP contribution in [0.4, 0.5) is 5.82 Å². The second-order valence-electron chi connectivity index (χ2n) is 4.35. The van der Waals surface area contributed by atoms with Gasteiger partial charge in [0.1, 0.15) is 17.7 Å². The summed E-state index contributed by atoms with van der Waals surface area (Å²) in [6.07, 6.45) is 3.20. The van der Waals surface area contributed by atoms with Gasteiger partial charge >= 0.3 is 5.97 Å². The third-order valence-corrected chi connectivity index (χ3v) is 3.08. The van der Waals surface area contributed by atoms with Crippen LogP contribution in [0.3, 0.4) is 0 Å². The van der Waals surface area contributed by atoms with E-state index in [0.717, 1.165) is 12.8 Å². The minimum absolute atomic E-state index is 0.154. The van der Waals surface area contributed by atoms with Crippen LogP contribution >= 0.6 is 0 Å². The van der Waals surface area contributed by atoms with E-state index in [4.69, 9.17) is 4.74 Å². The normalized spacial score (nSPS) is 18.2. The number of carboxylic acids is 1. The molecule has 0 bridgehead atoms. The van der Waals surface area contributed by atoms with Crippen LogP contribution < -0.4 is 10.1 Å². The highest BCUT2D eigenvalue weighted by Gasteiger charge is 2.47. The van der Waals surface area contributed by atoms with Crippen LogP contribution in [0.25, 0.3) is 0 Å². The number of aromatic nitrogens is 2. The zero-order chi connectivity index (χ0) is 12.5. The van der Waals surface area contributed by atoms with Crippen molar-refractivity contribution in [3.05, 3.63) is 12.4 Å². The summed E-state index contributed by atoms with van der Waals surface area (Å²) in [6.45, 7) is 1.68. The topological polar surface area (TPSA) is 84.3 Å². The number of hydrogen-bond donors (Lipinski definition) is 2. The van der Waals surface area contributed by atoms with Crippen LogP contribution in [0.2, 0.25) is 0 Å². The van der Waals surface area contributed by atoms with E-state index >= 15 is 0 Å². The Morgan fingerprint density at radius 3 is 2.82 bits per heavy atom. The molecule has 0 saturated heterocycles. The van der Waals surface area contributed by atoms with Gasteiger partial charge in [-0.15, -0.1) is 0 Å². The molecule has 17 heavy (non-hydrogen) atoms. The molecule has 0 radical (unpaired) electrons. The van der Waals surface area contributed by atoms with Gasteiger partial charge in [0, 0.05) is 6.07 Å². The van der Waals surface area contributed by atoms with Crippen LogP contribution in [-0.4, -0.2) is 33.7 Å². The Balaban J connectivity index is 2.20. The minimum Gasteiger partial charge on any atom is -0.481 e. The van der Waals surface area contributed by atoms with Crippen LogP contribution in [0.1, 0.15) is 19.8 Å². The number of nitrogens with zero attached hydrogens (tertiary/aromatic N) is 2. The number of anilines is 1. The number of carboxylic acid groups (broad SMARTS) is 1. The number of ether oxygens (including phenoxy) is 1. The summed E-state index contributed by atoms with van der Waals surface area (Å²) in [5.74, 6) is 0.165. The Kier molecular flexibility index (Phi) is 2.87. The van der Waals surface area contributed by atoms with E-state index in [0.29, 0.717) is 11.7 Å². The van der Waals surface area contributed by atoms with Crippen molar-refractivity contribution in [3.63, 3.8) is 0 Å². The molecule has 6 nitrogen and oxygen atoms in total. The fraction of sp³-hybridized carbons (Fsp3) is 0.545. The highest BCUT2D eigenvalue weighted by atomic mass is 16.5. The molecule has 92 valence electrons. The molecule has 2 rings (SSSR count). The minimum atomic E-state index is -0.973. The molecular formula is C11H15N3O3. The van der Waals surface area contributed by atoms with Gasteiger partial charge in [0.2, 0.25) is 5.88 Å². The average molecular weight is 237 g/mol. The first-order valence-corrected chi connectivity index (χ1v) is 5.44. The summed E-state index contributed by atoms with van der Waals surface area (Å²) in [7, 11) is 1.50. The fourth-order valence-electron chi connectivity index (χ4n) is 1.78. The lowest BCUT2D eigenvalue weighted by molar-refractivity contribution is -0.142. The molecule has 6 heteroatoms. The molecule has 2 N–H and O–H groups in total. The van der Waals surface area contributed by atoms with E-state index in [9.17, 15) is 9.90 Å². The van der Waals surface area contributed by atoms with Crippen LogP contribution in [0, 0.1) is 5.92 Å². The van der Waals surface area contributed by atoms with E-state index in [1.807, 2.05) is 0 Å². The highest BCUT2D eigenvalue weighted by Crippen LogP contribution is 2.41. The van der Waals surface area contributed by atoms with Crippen molar-refractivity contribution in [3.8, 4) is 5.88 Å². The molecule has 1 aromatic heterocycles. The number of methoxy groups -OCH3 is 1. The van der Waals surface area contributed by atoms with Gasteiger partial charge in [0.05, 0.1) is 7.11 Å². The molecule has 0 aromatic carbocycles. The highest BCUT2D eigenvalue weighted by molar-refractivity contribution is 5.82. The van der Waals surface area contributed by atoms with E-state index in [1.54, 1.807) is 13.0 Å². The Bertz CT molecular complexity index is 434. The predicted molar refractivity (Wildman–Crippen MR) is 61.0 cm³/mol. The SMILES string of the molecule is COc1cc(NC(C)(C(=O)O)C2CC2)ncn1. The molecule has 0 aliphatic heterocycles. The molecular weight excluding hydrogens is 222 g/mol. The summed E-state index contributed by atoms with van der Waals surface area (Å²) >= 11 is 0. The second-order valence-corrected chi connectivity index (χ2v) is 4.35. The maximum atomic E-state index is 11.3. The zero-order valence-electron chi connectivity index (χ0n) is 9.80. The van der Waals surface area contributed by atoms with Gasteiger partial charge < -0.3 is 15.2 Å². The summed E-state index contributed by atoms with van der Waals surface area (Å²) in [4.78, 5) is 19.2. The third-order valence-electron chi connectivity index (χ3n) is 3.08. The first-order chi connectivity index (χ1) is 8.06. The Morgan fingerprint density at radius 1 is 1.59 bits per heavy atom. The van der Waals surface area contributed by atoms with Crippen molar-refractivity contribution in [2.75, 3.05) is 12.4 Å². The van der Waals surface area contributed by atoms with Gasteiger partial charge in [-0.1, -0.05) is 0 Å². The van der Waals surface area contributed by atoms with Crippen molar-refractivity contribution in [1.82, 2.24) is 9.97 Å². The average Bonchev–Trinajstić information content (AvgIpc) is 3.13. The number of aliphatic carboxylic acids is 1. The van der Waals surface area contributed by atoms with Crippen molar-refractivity contribution < 1.29 is 14.6 Å². The lowest BCUT2D eigenvalue weighted by Crippen LogP contribution is -2.45. The van der Waals surface area contributed by atoms with Crippen LogP contribution in [0.15, 0.2) is 12.4 Å². The summed E-state index contributed by atoms with van der Waals surface area (Å²) < 4.78 is 4.97. The molecule has 1 saturated carbocycles.